The Balaban J connectivity index is 1.50. The number of primary amides is 1. The third kappa shape index (κ3) is 2.82. The van der Waals surface area contributed by atoms with Crippen LogP contribution in [0, 0.1) is 0 Å². The van der Waals surface area contributed by atoms with E-state index in [2.05, 4.69) is 0 Å². The second-order valence-electron chi connectivity index (χ2n) is 8.76. The summed E-state index contributed by atoms with van der Waals surface area (Å²) in [6, 6.07) is 13.8. The predicted octanol–water partition coefficient (Wildman–Crippen LogP) is 1.02. The first-order valence-corrected chi connectivity index (χ1v) is 10.7. The van der Waals surface area contributed by atoms with Crippen molar-refractivity contribution >= 4 is 17.7 Å². The Kier molecular flexibility index (Phi) is 4.70. The lowest BCUT2D eigenvalue weighted by Gasteiger charge is -2.41. The minimum Gasteiger partial charge on any atom is -0.493 e. The van der Waals surface area contributed by atoms with Crippen molar-refractivity contribution < 1.29 is 24.2 Å². The molecule has 0 bridgehead atoms. The first-order chi connectivity index (χ1) is 15.3. The largest absolute Gasteiger partial charge is 0.493 e. The topological polar surface area (TPSA) is 113 Å². The molecule has 8 nitrogen and oxygen atoms in total. The highest BCUT2D eigenvalue weighted by Gasteiger charge is 2.59. The molecule has 0 radical (unpaired) electrons. The van der Waals surface area contributed by atoms with E-state index in [1.165, 1.54) is 9.80 Å². The Bertz CT molecular complexity index is 1120. The number of aliphatic hydroxyl groups excluding tert-OH is 1. The van der Waals surface area contributed by atoms with Crippen LogP contribution in [0.15, 0.2) is 48.5 Å². The number of hydrogen-bond donors (Lipinski definition) is 2. The minimum atomic E-state index is -1.44. The number of likely N-dealkylation sites (tertiary alicyclic amines) is 1. The molecule has 166 valence electrons. The van der Waals surface area contributed by atoms with Crippen LogP contribution >= 0.6 is 0 Å². The maximum atomic E-state index is 13.7. The molecule has 8 heteroatoms. The molecule has 2 unspecified atom stereocenters. The van der Waals surface area contributed by atoms with Crippen molar-refractivity contribution in [2.75, 3.05) is 13.2 Å². The maximum Gasteiger partial charge on any atom is 0.255 e. The highest BCUT2D eigenvalue weighted by molar-refractivity contribution is 6.02. The van der Waals surface area contributed by atoms with E-state index in [0.29, 0.717) is 17.9 Å². The molecule has 32 heavy (non-hydrogen) atoms. The molecule has 1 saturated heterocycles. The number of carbonyl (C=O) groups is 3. The SMILES string of the molecule is C[C@@H](C(=O)N1CC(O)CC1(C(N)=O)[C@@H]1COc2ccccc21)N1Cc2ccccc2C1=O. The van der Waals surface area contributed by atoms with Crippen LogP contribution in [0.2, 0.25) is 0 Å². The van der Waals surface area contributed by atoms with E-state index in [1.54, 1.807) is 19.1 Å². The molecule has 3 amide bonds. The van der Waals surface area contributed by atoms with Crippen molar-refractivity contribution in [2.45, 2.75) is 43.5 Å². The highest BCUT2D eigenvalue weighted by Crippen LogP contribution is 2.48. The Morgan fingerprint density at radius 2 is 1.91 bits per heavy atom. The van der Waals surface area contributed by atoms with E-state index in [0.717, 1.165) is 11.1 Å². The molecule has 3 heterocycles. The van der Waals surface area contributed by atoms with Crippen LogP contribution in [0.25, 0.3) is 0 Å². The maximum absolute atomic E-state index is 13.7. The molecule has 0 spiro atoms. The van der Waals surface area contributed by atoms with Gasteiger partial charge in [0, 0.05) is 30.6 Å². The quantitative estimate of drug-likeness (QED) is 0.745. The van der Waals surface area contributed by atoms with E-state index in [4.69, 9.17) is 10.5 Å². The molecular formula is C24H25N3O5. The first kappa shape index (κ1) is 20.5. The van der Waals surface area contributed by atoms with Gasteiger partial charge in [0.15, 0.2) is 0 Å². The molecule has 2 aromatic carbocycles. The Morgan fingerprint density at radius 3 is 2.66 bits per heavy atom. The van der Waals surface area contributed by atoms with Crippen LogP contribution in [0.1, 0.15) is 40.7 Å². The van der Waals surface area contributed by atoms with Crippen LogP contribution in [-0.4, -0.2) is 63.5 Å². The van der Waals surface area contributed by atoms with Gasteiger partial charge in [-0.3, -0.25) is 14.4 Å². The summed E-state index contributed by atoms with van der Waals surface area (Å²) < 4.78 is 5.79. The van der Waals surface area contributed by atoms with Gasteiger partial charge in [-0.1, -0.05) is 36.4 Å². The van der Waals surface area contributed by atoms with Crippen molar-refractivity contribution in [3.05, 3.63) is 65.2 Å². The average molecular weight is 435 g/mol. The molecule has 3 aliphatic rings. The van der Waals surface area contributed by atoms with Crippen LogP contribution in [0.5, 0.6) is 5.75 Å². The number of ether oxygens (including phenoxy) is 1. The van der Waals surface area contributed by atoms with E-state index >= 15 is 0 Å². The summed E-state index contributed by atoms with van der Waals surface area (Å²) in [6.45, 7) is 2.12. The average Bonchev–Trinajstić information content (AvgIpc) is 3.47. The van der Waals surface area contributed by atoms with Gasteiger partial charge >= 0.3 is 0 Å². The number of nitrogens with zero attached hydrogens (tertiary/aromatic N) is 2. The number of carbonyl (C=O) groups excluding carboxylic acids is 3. The van der Waals surface area contributed by atoms with Crippen molar-refractivity contribution in [1.29, 1.82) is 0 Å². The molecule has 5 rings (SSSR count). The molecule has 3 N–H and O–H groups in total. The van der Waals surface area contributed by atoms with E-state index in [-0.39, 0.29) is 25.5 Å². The molecule has 0 saturated carbocycles. The number of rotatable bonds is 4. The zero-order valence-electron chi connectivity index (χ0n) is 17.7. The number of amides is 3. The first-order valence-electron chi connectivity index (χ1n) is 10.7. The van der Waals surface area contributed by atoms with Gasteiger partial charge in [0.05, 0.1) is 18.6 Å². The van der Waals surface area contributed by atoms with Crippen LogP contribution in [0.3, 0.4) is 0 Å². The minimum absolute atomic E-state index is 0.0251. The smallest absolute Gasteiger partial charge is 0.255 e. The lowest BCUT2D eigenvalue weighted by atomic mass is 9.77. The van der Waals surface area contributed by atoms with Crippen LogP contribution in [0.4, 0.5) is 0 Å². The summed E-state index contributed by atoms with van der Waals surface area (Å²) in [5.41, 5.74) is 6.72. The van der Waals surface area contributed by atoms with E-state index in [9.17, 15) is 19.5 Å². The fraction of sp³-hybridized carbons (Fsp3) is 0.375. The lowest BCUT2D eigenvalue weighted by molar-refractivity contribution is -0.148. The van der Waals surface area contributed by atoms with Gasteiger partial charge in [0.1, 0.15) is 17.3 Å². The van der Waals surface area contributed by atoms with Crippen molar-refractivity contribution in [3.63, 3.8) is 0 Å². The number of aliphatic hydroxyl groups is 1. The fourth-order valence-corrected chi connectivity index (χ4v) is 5.44. The van der Waals surface area contributed by atoms with Gasteiger partial charge < -0.3 is 25.4 Å². The van der Waals surface area contributed by atoms with Gasteiger partial charge in [-0.2, -0.15) is 0 Å². The predicted molar refractivity (Wildman–Crippen MR) is 115 cm³/mol. The molecular weight excluding hydrogens is 410 g/mol. The molecule has 0 aliphatic carbocycles. The third-order valence-corrected chi connectivity index (χ3v) is 7.07. The summed E-state index contributed by atoms with van der Waals surface area (Å²) in [5, 5.41) is 10.6. The zero-order chi connectivity index (χ0) is 22.6. The number of benzene rings is 2. The molecule has 3 aliphatic heterocycles. The monoisotopic (exact) mass is 435 g/mol. The second kappa shape index (κ2) is 7.34. The standard InChI is InChI=1S/C24H25N3O5/c1-14(26-11-15-6-2-3-7-17(15)22(26)30)21(29)27-12-16(28)10-24(27,23(25)31)19-13-32-20-9-5-4-8-18(19)20/h2-9,14,16,19,28H,10-13H2,1H3,(H2,25,31)/t14-,16?,19+,24?/m0/s1. The Labute approximate surface area is 185 Å². The molecule has 4 atom stereocenters. The van der Waals surface area contributed by atoms with Gasteiger partial charge in [0.25, 0.3) is 5.91 Å². The van der Waals surface area contributed by atoms with Crippen molar-refractivity contribution in [2.24, 2.45) is 5.73 Å². The zero-order valence-corrected chi connectivity index (χ0v) is 17.7. The summed E-state index contributed by atoms with van der Waals surface area (Å²) in [7, 11) is 0. The Hall–Kier alpha value is -3.39. The number of β-amino-alcohol motifs (C(OH)–C–C–N with tert-alkyl or cyclic N) is 1. The summed E-state index contributed by atoms with van der Waals surface area (Å²) >= 11 is 0. The fourth-order valence-electron chi connectivity index (χ4n) is 5.44. The Morgan fingerprint density at radius 1 is 1.19 bits per heavy atom. The highest BCUT2D eigenvalue weighted by atomic mass is 16.5. The van der Waals surface area contributed by atoms with Crippen molar-refractivity contribution in [1.82, 2.24) is 9.80 Å². The number of hydrogen-bond acceptors (Lipinski definition) is 5. The van der Waals surface area contributed by atoms with Gasteiger partial charge in [0.2, 0.25) is 11.8 Å². The third-order valence-electron chi connectivity index (χ3n) is 7.07. The summed E-state index contributed by atoms with van der Waals surface area (Å²) in [5.74, 6) is -1.18. The van der Waals surface area contributed by atoms with E-state index in [1.807, 2.05) is 36.4 Å². The number of nitrogens with two attached hydrogens (primary N) is 1. The van der Waals surface area contributed by atoms with Crippen molar-refractivity contribution in [3.8, 4) is 5.75 Å². The lowest BCUT2D eigenvalue weighted by Crippen LogP contribution is -2.62. The summed E-state index contributed by atoms with van der Waals surface area (Å²) in [4.78, 5) is 42.5. The van der Waals surface area contributed by atoms with Crippen LogP contribution < -0.4 is 10.5 Å². The summed E-state index contributed by atoms with van der Waals surface area (Å²) in [6.07, 6.45) is -0.880. The van der Waals surface area contributed by atoms with Gasteiger partial charge in [-0.05, 0) is 24.6 Å². The molecule has 1 fully saturated rings. The second-order valence-corrected chi connectivity index (χ2v) is 8.76. The molecule has 2 aromatic rings. The molecule has 0 aromatic heterocycles. The van der Waals surface area contributed by atoms with E-state index < -0.39 is 35.4 Å². The van der Waals surface area contributed by atoms with Gasteiger partial charge in [-0.25, -0.2) is 0 Å². The van der Waals surface area contributed by atoms with Crippen LogP contribution in [-0.2, 0) is 16.1 Å². The number of fused-ring (bicyclic) bond motifs is 2. The number of para-hydroxylation sites is 1. The normalized spacial score (nSPS) is 27.1. The van der Waals surface area contributed by atoms with Gasteiger partial charge in [-0.15, -0.1) is 0 Å².